The van der Waals surface area contributed by atoms with Crippen LogP contribution in [0.5, 0.6) is 0 Å². The molecule has 1 aliphatic heterocycles. The lowest BCUT2D eigenvalue weighted by atomic mass is 9.97. The van der Waals surface area contributed by atoms with E-state index in [9.17, 15) is 13.2 Å². The van der Waals surface area contributed by atoms with Crippen LogP contribution in [0.2, 0.25) is 0 Å². The third-order valence-corrected chi connectivity index (χ3v) is 7.67. The molecule has 1 aliphatic rings. The van der Waals surface area contributed by atoms with Crippen LogP contribution in [-0.4, -0.2) is 42.0 Å². The largest absolute Gasteiger partial charge is 0.325 e. The Morgan fingerprint density at radius 3 is 2.55 bits per heavy atom. The number of anilines is 1. The summed E-state index contributed by atoms with van der Waals surface area (Å²) < 4.78 is 32.3. The zero-order valence-electron chi connectivity index (χ0n) is 16.6. The van der Waals surface area contributed by atoms with E-state index in [4.69, 9.17) is 0 Å². The molecule has 0 spiro atoms. The summed E-state index contributed by atoms with van der Waals surface area (Å²) in [5, 5.41) is 12.5. The number of carbonyl (C=O) groups excluding carboxylic acids is 1. The Kier molecular flexibility index (Phi) is 4.91. The molecule has 2 heterocycles. The van der Waals surface area contributed by atoms with Crippen LogP contribution >= 0.6 is 0 Å². The molecule has 1 N–H and O–H groups in total. The molecule has 5 rings (SSSR count). The van der Waals surface area contributed by atoms with Gasteiger partial charge in [0.15, 0.2) is 5.52 Å². The molecule has 1 fully saturated rings. The van der Waals surface area contributed by atoms with Crippen LogP contribution in [0, 0.1) is 5.92 Å². The number of amides is 1. The van der Waals surface area contributed by atoms with Gasteiger partial charge in [-0.1, -0.05) is 42.5 Å². The van der Waals surface area contributed by atoms with Gasteiger partial charge in [-0.25, -0.2) is 13.0 Å². The van der Waals surface area contributed by atoms with Gasteiger partial charge < -0.3 is 5.32 Å². The Morgan fingerprint density at radius 1 is 0.968 bits per heavy atom. The van der Waals surface area contributed by atoms with Crippen LogP contribution in [-0.2, 0) is 14.8 Å². The molecular formula is C22H20N4O4S. The predicted octanol–water partition coefficient (Wildman–Crippen LogP) is 3.42. The highest BCUT2D eigenvalue weighted by molar-refractivity contribution is 7.89. The molecule has 1 amide bonds. The Labute approximate surface area is 178 Å². The minimum absolute atomic E-state index is 0.0740. The standard InChI is InChI=1S/C22H20N4O4S/c27-22(23-18-8-3-6-15-5-1-2-7-17(15)18)16-11-13-26(14-12-16)31(28,29)20-10-4-9-19-21(20)25-30-24-19/h1-10,16H,11-14H2,(H,23,27). The molecule has 0 radical (unpaired) electrons. The number of piperidine rings is 1. The van der Waals surface area contributed by atoms with Gasteiger partial charge in [-0.2, -0.15) is 4.31 Å². The highest BCUT2D eigenvalue weighted by Gasteiger charge is 2.33. The van der Waals surface area contributed by atoms with Crippen molar-refractivity contribution < 1.29 is 17.8 Å². The van der Waals surface area contributed by atoms with Crippen molar-refractivity contribution in [2.45, 2.75) is 17.7 Å². The molecule has 158 valence electrons. The number of fused-ring (bicyclic) bond motifs is 2. The van der Waals surface area contributed by atoms with E-state index < -0.39 is 10.0 Å². The van der Waals surface area contributed by atoms with Crippen molar-refractivity contribution in [2.75, 3.05) is 18.4 Å². The molecule has 4 aromatic rings. The lowest BCUT2D eigenvalue weighted by Gasteiger charge is -2.30. The topological polar surface area (TPSA) is 105 Å². The fraction of sp³-hybridized carbons (Fsp3) is 0.227. The fourth-order valence-corrected chi connectivity index (χ4v) is 5.66. The second-order valence-corrected chi connectivity index (χ2v) is 9.49. The van der Waals surface area contributed by atoms with Crippen molar-refractivity contribution in [2.24, 2.45) is 5.92 Å². The Hall–Kier alpha value is -3.30. The molecule has 0 aliphatic carbocycles. The molecule has 31 heavy (non-hydrogen) atoms. The minimum atomic E-state index is -3.76. The molecule has 1 saturated heterocycles. The normalized spacial score (nSPS) is 16.0. The number of aromatic nitrogens is 2. The third-order valence-electron chi connectivity index (χ3n) is 5.74. The van der Waals surface area contributed by atoms with Crippen LogP contribution in [0.15, 0.2) is 70.2 Å². The van der Waals surface area contributed by atoms with E-state index in [1.165, 1.54) is 10.4 Å². The highest BCUT2D eigenvalue weighted by atomic mass is 32.2. The summed E-state index contributed by atoms with van der Waals surface area (Å²) in [5.41, 5.74) is 1.38. The second-order valence-electron chi connectivity index (χ2n) is 7.58. The van der Waals surface area contributed by atoms with Gasteiger partial charge in [0, 0.05) is 30.1 Å². The molecule has 0 bridgehead atoms. The van der Waals surface area contributed by atoms with Crippen molar-refractivity contribution >= 4 is 43.4 Å². The summed E-state index contributed by atoms with van der Waals surface area (Å²) in [5.74, 6) is -0.342. The van der Waals surface area contributed by atoms with Crippen molar-refractivity contribution in [1.82, 2.24) is 14.6 Å². The summed E-state index contributed by atoms with van der Waals surface area (Å²) in [4.78, 5) is 12.9. The van der Waals surface area contributed by atoms with Gasteiger partial charge in [-0.3, -0.25) is 4.79 Å². The first kappa shape index (κ1) is 19.7. The van der Waals surface area contributed by atoms with Gasteiger partial charge in [-0.15, -0.1) is 0 Å². The van der Waals surface area contributed by atoms with Gasteiger partial charge >= 0.3 is 0 Å². The van der Waals surface area contributed by atoms with Crippen molar-refractivity contribution in [3.63, 3.8) is 0 Å². The Morgan fingerprint density at radius 2 is 1.71 bits per heavy atom. The number of nitrogens with zero attached hydrogens (tertiary/aromatic N) is 3. The molecule has 0 unspecified atom stereocenters. The first-order chi connectivity index (χ1) is 15.0. The number of nitrogens with one attached hydrogen (secondary N) is 1. The maximum Gasteiger partial charge on any atom is 0.245 e. The van der Waals surface area contributed by atoms with Crippen LogP contribution in [0.4, 0.5) is 5.69 Å². The highest BCUT2D eigenvalue weighted by Crippen LogP contribution is 2.29. The number of sulfonamides is 1. The molecule has 3 aromatic carbocycles. The third kappa shape index (κ3) is 3.55. The van der Waals surface area contributed by atoms with E-state index >= 15 is 0 Å². The first-order valence-electron chi connectivity index (χ1n) is 10.0. The van der Waals surface area contributed by atoms with Crippen molar-refractivity contribution in [1.29, 1.82) is 0 Å². The van der Waals surface area contributed by atoms with Gasteiger partial charge in [0.25, 0.3) is 0 Å². The number of benzene rings is 3. The molecule has 1 aromatic heterocycles. The lowest BCUT2D eigenvalue weighted by molar-refractivity contribution is -0.120. The van der Waals surface area contributed by atoms with E-state index in [-0.39, 0.29) is 35.3 Å². The van der Waals surface area contributed by atoms with Crippen LogP contribution < -0.4 is 5.32 Å². The molecule has 0 saturated carbocycles. The van der Waals surface area contributed by atoms with Gasteiger partial charge in [0.2, 0.25) is 15.9 Å². The average Bonchev–Trinajstić information content (AvgIpc) is 3.28. The Bertz CT molecular complexity index is 1370. The first-order valence-corrected chi connectivity index (χ1v) is 11.5. The quantitative estimate of drug-likeness (QED) is 0.526. The lowest BCUT2D eigenvalue weighted by Crippen LogP contribution is -2.41. The summed E-state index contributed by atoms with van der Waals surface area (Å²) in [6.07, 6.45) is 0.895. The van der Waals surface area contributed by atoms with Crippen LogP contribution in [0.3, 0.4) is 0 Å². The van der Waals surface area contributed by atoms with E-state index in [0.29, 0.717) is 18.4 Å². The van der Waals surface area contributed by atoms with Gasteiger partial charge in [-0.05, 0) is 46.7 Å². The Balaban J connectivity index is 1.30. The van der Waals surface area contributed by atoms with Gasteiger partial charge in [0.1, 0.15) is 10.4 Å². The van der Waals surface area contributed by atoms with E-state index in [0.717, 1.165) is 16.5 Å². The number of carbonyl (C=O) groups is 1. The number of rotatable bonds is 4. The molecule has 9 heteroatoms. The molecule has 8 nitrogen and oxygen atoms in total. The van der Waals surface area contributed by atoms with Gasteiger partial charge in [0.05, 0.1) is 0 Å². The summed E-state index contributed by atoms with van der Waals surface area (Å²) >= 11 is 0. The maximum atomic E-state index is 13.1. The number of hydrogen-bond acceptors (Lipinski definition) is 6. The van der Waals surface area contributed by atoms with E-state index in [2.05, 4.69) is 20.3 Å². The predicted molar refractivity (Wildman–Crippen MR) is 116 cm³/mol. The number of hydrogen-bond donors (Lipinski definition) is 1. The SMILES string of the molecule is O=C(Nc1cccc2ccccc12)C1CCN(S(=O)(=O)c2cccc3nonc23)CC1. The zero-order chi connectivity index (χ0) is 21.4. The van der Waals surface area contributed by atoms with Crippen molar-refractivity contribution in [3.8, 4) is 0 Å². The summed E-state index contributed by atoms with van der Waals surface area (Å²) in [6, 6.07) is 18.4. The summed E-state index contributed by atoms with van der Waals surface area (Å²) in [6.45, 7) is 0.523. The monoisotopic (exact) mass is 436 g/mol. The van der Waals surface area contributed by atoms with Crippen LogP contribution in [0.1, 0.15) is 12.8 Å². The summed E-state index contributed by atoms with van der Waals surface area (Å²) in [7, 11) is -3.76. The van der Waals surface area contributed by atoms with Crippen LogP contribution in [0.25, 0.3) is 21.8 Å². The smallest absolute Gasteiger partial charge is 0.245 e. The fourth-order valence-electron chi connectivity index (χ4n) is 4.06. The average molecular weight is 436 g/mol. The molecular weight excluding hydrogens is 416 g/mol. The molecule has 0 atom stereocenters. The van der Waals surface area contributed by atoms with E-state index in [1.54, 1.807) is 12.1 Å². The minimum Gasteiger partial charge on any atom is -0.325 e. The maximum absolute atomic E-state index is 13.1. The van der Waals surface area contributed by atoms with E-state index in [1.807, 2.05) is 42.5 Å². The zero-order valence-corrected chi connectivity index (χ0v) is 17.4. The van der Waals surface area contributed by atoms with Crippen molar-refractivity contribution in [3.05, 3.63) is 60.7 Å². The second kappa shape index (κ2) is 7.75.